The summed E-state index contributed by atoms with van der Waals surface area (Å²) >= 11 is 8.32. The fourth-order valence-corrected chi connectivity index (χ4v) is 6.09. The summed E-state index contributed by atoms with van der Waals surface area (Å²) in [6.07, 6.45) is 1.98. The molecule has 5 rings (SSSR count). The molecule has 3 aromatic carbocycles. The lowest BCUT2D eigenvalue weighted by molar-refractivity contribution is -0.0410. The van der Waals surface area contributed by atoms with E-state index in [1.165, 1.54) is 11.1 Å². The molecule has 1 fully saturated rings. The molecule has 0 amide bonds. The molecular formula is C30H29ClN2OS. The number of rotatable bonds is 8. The van der Waals surface area contributed by atoms with Gasteiger partial charge in [0.15, 0.2) is 0 Å². The van der Waals surface area contributed by atoms with E-state index in [0.717, 1.165) is 53.2 Å². The molecule has 0 spiro atoms. The lowest BCUT2D eigenvalue weighted by Crippen LogP contribution is -2.45. The molecule has 3 nitrogen and oxygen atoms in total. The van der Waals surface area contributed by atoms with Crippen molar-refractivity contribution in [3.8, 4) is 11.1 Å². The predicted octanol–water partition coefficient (Wildman–Crippen LogP) is 7.18. The lowest BCUT2D eigenvalue weighted by atomic mass is 9.94. The van der Waals surface area contributed by atoms with E-state index in [-0.39, 0.29) is 12.0 Å². The van der Waals surface area contributed by atoms with E-state index >= 15 is 0 Å². The fourth-order valence-electron chi connectivity index (χ4n) is 4.64. The Hall–Kier alpha value is -2.63. The molecule has 0 N–H and O–H groups in total. The summed E-state index contributed by atoms with van der Waals surface area (Å²) < 4.78 is 6.39. The van der Waals surface area contributed by atoms with E-state index in [1.54, 1.807) is 11.8 Å². The minimum atomic E-state index is 0.120. The average Bonchev–Trinajstić information content (AvgIpc) is 2.91. The first-order chi connectivity index (χ1) is 17.3. The van der Waals surface area contributed by atoms with Crippen LogP contribution in [-0.2, 0) is 11.3 Å². The first-order valence-electron chi connectivity index (χ1n) is 12.0. The van der Waals surface area contributed by atoms with Gasteiger partial charge in [-0.15, -0.1) is 11.8 Å². The second kappa shape index (κ2) is 11.9. The van der Waals surface area contributed by atoms with Crippen LogP contribution < -0.4 is 0 Å². The minimum Gasteiger partial charge on any atom is -0.375 e. The standard InChI is InChI=1S/C30H29ClN2OS/c31-28-16-8-7-14-25(28)26-15-9-17-32-30(26)35-22-27(24-12-5-2-6-13-24)29-21-33(18-19-34-29)20-23-10-3-1-4-11-23/h1-17,27,29H,18-22H2. The molecule has 5 heteroatoms. The monoisotopic (exact) mass is 500 g/mol. The smallest absolute Gasteiger partial charge is 0.104 e. The van der Waals surface area contributed by atoms with Crippen LogP contribution in [0.5, 0.6) is 0 Å². The molecule has 1 saturated heterocycles. The van der Waals surface area contributed by atoms with Crippen LogP contribution in [0.2, 0.25) is 5.02 Å². The van der Waals surface area contributed by atoms with Crippen molar-refractivity contribution < 1.29 is 4.74 Å². The lowest BCUT2D eigenvalue weighted by Gasteiger charge is -2.37. The summed E-state index contributed by atoms with van der Waals surface area (Å²) in [5, 5.41) is 1.74. The van der Waals surface area contributed by atoms with Crippen LogP contribution in [0.4, 0.5) is 0 Å². The molecule has 1 aliphatic rings. The van der Waals surface area contributed by atoms with E-state index in [0.29, 0.717) is 0 Å². The Morgan fingerprint density at radius 3 is 2.40 bits per heavy atom. The van der Waals surface area contributed by atoms with Gasteiger partial charge in [0.1, 0.15) is 5.03 Å². The first-order valence-corrected chi connectivity index (χ1v) is 13.4. The minimum absolute atomic E-state index is 0.120. The zero-order chi connectivity index (χ0) is 23.9. The Balaban J connectivity index is 1.36. The number of halogens is 1. The maximum atomic E-state index is 6.53. The number of ether oxygens (including phenoxy) is 1. The number of hydrogen-bond acceptors (Lipinski definition) is 4. The summed E-state index contributed by atoms with van der Waals surface area (Å²) in [6.45, 7) is 3.57. The Labute approximate surface area is 217 Å². The second-order valence-electron chi connectivity index (χ2n) is 8.79. The van der Waals surface area contributed by atoms with Crippen LogP contribution in [0, 0.1) is 0 Å². The molecule has 2 unspecified atom stereocenters. The third-order valence-corrected chi connectivity index (χ3v) is 7.89. The van der Waals surface area contributed by atoms with Gasteiger partial charge in [-0.25, -0.2) is 4.98 Å². The number of hydrogen-bond donors (Lipinski definition) is 0. The van der Waals surface area contributed by atoms with E-state index in [4.69, 9.17) is 21.3 Å². The number of benzene rings is 3. The maximum absolute atomic E-state index is 6.53. The van der Waals surface area contributed by atoms with Crippen LogP contribution in [-0.4, -0.2) is 41.4 Å². The van der Waals surface area contributed by atoms with Crippen molar-refractivity contribution in [2.24, 2.45) is 0 Å². The van der Waals surface area contributed by atoms with Crippen molar-refractivity contribution in [2.75, 3.05) is 25.4 Å². The van der Waals surface area contributed by atoms with Gasteiger partial charge in [0.25, 0.3) is 0 Å². The largest absolute Gasteiger partial charge is 0.375 e. The van der Waals surface area contributed by atoms with Crippen molar-refractivity contribution in [1.82, 2.24) is 9.88 Å². The molecule has 0 aliphatic carbocycles. The molecule has 2 atom stereocenters. The van der Waals surface area contributed by atoms with Gasteiger partial charge in [-0.2, -0.15) is 0 Å². The molecule has 0 bridgehead atoms. The van der Waals surface area contributed by atoms with Gasteiger partial charge in [0.2, 0.25) is 0 Å². The Bertz CT molecular complexity index is 1220. The van der Waals surface area contributed by atoms with Crippen molar-refractivity contribution in [3.63, 3.8) is 0 Å². The highest BCUT2D eigenvalue weighted by atomic mass is 35.5. The number of nitrogens with zero attached hydrogens (tertiary/aromatic N) is 2. The van der Waals surface area contributed by atoms with Crippen molar-refractivity contribution >= 4 is 23.4 Å². The molecule has 0 saturated carbocycles. The van der Waals surface area contributed by atoms with Crippen molar-refractivity contribution in [2.45, 2.75) is 23.6 Å². The Morgan fingerprint density at radius 1 is 0.886 bits per heavy atom. The van der Waals surface area contributed by atoms with Gasteiger partial charge in [-0.1, -0.05) is 96.5 Å². The van der Waals surface area contributed by atoms with Gasteiger partial charge >= 0.3 is 0 Å². The SMILES string of the molecule is Clc1ccccc1-c1cccnc1SCC(c1ccccc1)C1CN(Cc2ccccc2)CCO1. The zero-order valence-corrected chi connectivity index (χ0v) is 21.2. The highest BCUT2D eigenvalue weighted by Crippen LogP contribution is 2.37. The summed E-state index contributed by atoms with van der Waals surface area (Å²) in [4.78, 5) is 7.24. The quantitative estimate of drug-likeness (QED) is 0.239. The number of aromatic nitrogens is 1. The second-order valence-corrected chi connectivity index (χ2v) is 10.2. The predicted molar refractivity (Wildman–Crippen MR) is 146 cm³/mol. The van der Waals surface area contributed by atoms with Crippen LogP contribution in [0.25, 0.3) is 11.1 Å². The molecule has 4 aromatic rings. The number of thioether (sulfide) groups is 1. The molecular weight excluding hydrogens is 472 g/mol. The van der Waals surface area contributed by atoms with Crippen LogP contribution in [0.3, 0.4) is 0 Å². The Kier molecular flexibility index (Phi) is 8.17. The third-order valence-electron chi connectivity index (χ3n) is 6.44. The van der Waals surface area contributed by atoms with E-state index in [1.807, 2.05) is 30.5 Å². The molecule has 1 aromatic heterocycles. The normalized spacial score (nSPS) is 17.2. The molecule has 0 radical (unpaired) electrons. The van der Waals surface area contributed by atoms with Crippen LogP contribution in [0.15, 0.2) is 108 Å². The molecule has 2 heterocycles. The highest BCUT2D eigenvalue weighted by Gasteiger charge is 2.30. The van der Waals surface area contributed by atoms with Crippen LogP contribution >= 0.6 is 23.4 Å². The highest BCUT2D eigenvalue weighted by molar-refractivity contribution is 7.99. The molecule has 1 aliphatic heterocycles. The average molecular weight is 501 g/mol. The Morgan fingerprint density at radius 2 is 1.60 bits per heavy atom. The summed E-state index contributed by atoms with van der Waals surface area (Å²) in [5.41, 5.74) is 4.74. The van der Waals surface area contributed by atoms with Gasteiger partial charge < -0.3 is 4.74 Å². The van der Waals surface area contributed by atoms with E-state index in [9.17, 15) is 0 Å². The van der Waals surface area contributed by atoms with Crippen molar-refractivity contribution in [3.05, 3.63) is 119 Å². The number of morpholine rings is 1. The van der Waals surface area contributed by atoms with Crippen LogP contribution in [0.1, 0.15) is 17.0 Å². The van der Waals surface area contributed by atoms with Gasteiger partial charge in [0, 0.05) is 53.7 Å². The third kappa shape index (κ3) is 6.14. The van der Waals surface area contributed by atoms with E-state index in [2.05, 4.69) is 77.7 Å². The van der Waals surface area contributed by atoms with Gasteiger partial charge in [0.05, 0.1) is 12.7 Å². The topological polar surface area (TPSA) is 25.4 Å². The zero-order valence-electron chi connectivity index (χ0n) is 19.6. The van der Waals surface area contributed by atoms with Gasteiger partial charge in [-0.05, 0) is 23.3 Å². The molecule has 178 valence electrons. The summed E-state index contributed by atoms with van der Waals surface area (Å²) in [6, 6.07) is 33.5. The number of pyridine rings is 1. The van der Waals surface area contributed by atoms with E-state index < -0.39 is 0 Å². The summed E-state index contributed by atoms with van der Waals surface area (Å²) in [5.74, 6) is 1.13. The molecule has 35 heavy (non-hydrogen) atoms. The van der Waals surface area contributed by atoms with Gasteiger partial charge in [-0.3, -0.25) is 4.90 Å². The maximum Gasteiger partial charge on any atom is 0.104 e. The fraction of sp³-hybridized carbons (Fsp3) is 0.233. The van der Waals surface area contributed by atoms with Crippen molar-refractivity contribution in [1.29, 1.82) is 0 Å². The summed E-state index contributed by atoms with van der Waals surface area (Å²) in [7, 11) is 0. The first kappa shape index (κ1) is 24.1.